The second-order valence-electron chi connectivity index (χ2n) is 4.66. The first kappa shape index (κ1) is 14.6. The highest BCUT2D eigenvalue weighted by molar-refractivity contribution is 9.10. The number of hydrogen-bond acceptors (Lipinski definition) is 3. The number of ether oxygens (including phenoxy) is 1. The number of thiophene rings is 1. The monoisotopic (exact) mass is 339 g/mol. The van der Waals surface area contributed by atoms with Crippen LogP contribution >= 0.6 is 27.3 Å². The molecule has 0 aliphatic rings. The Bertz CT molecular complexity index is 507. The molecule has 0 aliphatic carbocycles. The summed E-state index contributed by atoms with van der Waals surface area (Å²) < 4.78 is 6.89. The normalized spacial score (nSPS) is 10.9. The van der Waals surface area contributed by atoms with Gasteiger partial charge in [0.2, 0.25) is 0 Å². The Morgan fingerprint density at radius 2 is 1.95 bits per heavy atom. The van der Waals surface area contributed by atoms with Crippen molar-refractivity contribution in [2.75, 3.05) is 0 Å². The zero-order valence-electron chi connectivity index (χ0n) is 11.2. The fourth-order valence-electron chi connectivity index (χ4n) is 1.60. The second-order valence-corrected chi connectivity index (χ2v) is 6.51. The summed E-state index contributed by atoms with van der Waals surface area (Å²) in [5.41, 5.74) is 1.28. The average Bonchev–Trinajstić information content (AvgIpc) is 2.81. The van der Waals surface area contributed by atoms with Gasteiger partial charge in [-0.05, 0) is 45.1 Å². The Balaban J connectivity index is 1.86. The lowest BCUT2D eigenvalue weighted by Gasteiger charge is -2.09. The van der Waals surface area contributed by atoms with E-state index in [1.807, 2.05) is 18.2 Å². The average molecular weight is 340 g/mol. The van der Waals surface area contributed by atoms with E-state index in [1.165, 1.54) is 10.4 Å². The zero-order chi connectivity index (χ0) is 13.7. The lowest BCUT2D eigenvalue weighted by molar-refractivity contribution is 0.309. The van der Waals surface area contributed by atoms with Gasteiger partial charge in [-0.15, -0.1) is 11.3 Å². The van der Waals surface area contributed by atoms with E-state index in [-0.39, 0.29) is 0 Å². The minimum absolute atomic E-state index is 0.507. The lowest BCUT2D eigenvalue weighted by Crippen LogP contribution is -2.21. The number of benzene rings is 1. The van der Waals surface area contributed by atoms with E-state index in [9.17, 15) is 0 Å². The number of halogens is 1. The van der Waals surface area contributed by atoms with Gasteiger partial charge in [-0.25, -0.2) is 0 Å². The van der Waals surface area contributed by atoms with Crippen LogP contribution in [0, 0.1) is 0 Å². The van der Waals surface area contributed by atoms with Crippen molar-refractivity contribution in [1.82, 2.24) is 5.32 Å². The summed E-state index contributed by atoms with van der Waals surface area (Å²) in [5, 5.41) is 5.46. The van der Waals surface area contributed by atoms with Crippen molar-refractivity contribution in [3.63, 3.8) is 0 Å². The molecule has 1 heterocycles. The van der Waals surface area contributed by atoms with Gasteiger partial charge in [0.15, 0.2) is 0 Å². The quantitative estimate of drug-likeness (QED) is 0.831. The zero-order valence-corrected chi connectivity index (χ0v) is 13.6. The minimum atomic E-state index is 0.507. The van der Waals surface area contributed by atoms with Gasteiger partial charge in [-0.2, -0.15) is 0 Å². The SMILES string of the molecule is CC(C)NCc1ccc(OCc2sccc2Br)cc1. The van der Waals surface area contributed by atoms with E-state index >= 15 is 0 Å². The van der Waals surface area contributed by atoms with Crippen molar-refractivity contribution >= 4 is 27.3 Å². The lowest BCUT2D eigenvalue weighted by atomic mass is 10.2. The van der Waals surface area contributed by atoms with Gasteiger partial charge in [-0.3, -0.25) is 0 Å². The Kier molecular flexibility index (Phi) is 5.43. The van der Waals surface area contributed by atoms with Gasteiger partial charge in [0.1, 0.15) is 12.4 Å². The fraction of sp³-hybridized carbons (Fsp3) is 0.333. The summed E-state index contributed by atoms with van der Waals surface area (Å²) in [6.07, 6.45) is 0. The molecule has 0 fully saturated rings. The minimum Gasteiger partial charge on any atom is -0.488 e. The van der Waals surface area contributed by atoms with Crippen LogP contribution in [0.5, 0.6) is 5.75 Å². The molecule has 0 unspecified atom stereocenters. The van der Waals surface area contributed by atoms with Gasteiger partial charge < -0.3 is 10.1 Å². The topological polar surface area (TPSA) is 21.3 Å². The Morgan fingerprint density at radius 3 is 2.53 bits per heavy atom. The number of hydrogen-bond donors (Lipinski definition) is 1. The highest BCUT2D eigenvalue weighted by Crippen LogP contribution is 2.24. The van der Waals surface area contributed by atoms with Gasteiger partial charge in [-0.1, -0.05) is 26.0 Å². The van der Waals surface area contributed by atoms with E-state index in [1.54, 1.807) is 11.3 Å². The van der Waals surface area contributed by atoms with Crippen LogP contribution in [0.15, 0.2) is 40.2 Å². The summed E-state index contributed by atoms with van der Waals surface area (Å²) in [5.74, 6) is 0.911. The molecule has 0 saturated carbocycles. The maximum Gasteiger partial charge on any atom is 0.124 e. The van der Waals surface area contributed by atoms with Crippen LogP contribution in [0.2, 0.25) is 0 Å². The number of nitrogens with one attached hydrogen (secondary N) is 1. The van der Waals surface area contributed by atoms with Crippen molar-refractivity contribution in [3.05, 3.63) is 50.6 Å². The molecule has 0 aliphatic heterocycles. The van der Waals surface area contributed by atoms with E-state index in [0.717, 1.165) is 16.8 Å². The third-order valence-corrected chi connectivity index (χ3v) is 4.60. The van der Waals surface area contributed by atoms with Crippen LogP contribution in [-0.2, 0) is 13.2 Å². The fourth-order valence-corrected chi connectivity index (χ4v) is 2.98. The second kappa shape index (κ2) is 7.08. The first-order valence-electron chi connectivity index (χ1n) is 6.32. The molecule has 2 rings (SSSR count). The molecule has 1 aromatic carbocycles. The smallest absolute Gasteiger partial charge is 0.124 e. The highest BCUT2D eigenvalue weighted by Gasteiger charge is 2.02. The van der Waals surface area contributed by atoms with Crippen LogP contribution in [-0.4, -0.2) is 6.04 Å². The van der Waals surface area contributed by atoms with E-state index in [2.05, 4.69) is 52.6 Å². The molecule has 0 saturated heterocycles. The first-order chi connectivity index (χ1) is 9.15. The molecule has 0 bridgehead atoms. The maximum absolute atomic E-state index is 5.77. The number of rotatable bonds is 6. The maximum atomic E-state index is 5.77. The standard InChI is InChI=1S/C15H18BrNOS/c1-11(2)17-9-12-3-5-13(6-4-12)18-10-15-14(16)7-8-19-15/h3-8,11,17H,9-10H2,1-2H3. The summed E-state index contributed by atoms with van der Waals surface area (Å²) in [6, 6.07) is 10.8. The Hall–Kier alpha value is -0.840. The molecule has 2 nitrogen and oxygen atoms in total. The molecule has 2 aromatic rings. The van der Waals surface area contributed by atoms with Crippen LogP contribution in [0.4, 0.5) is 0 Å². The molecule has 1 aromatic heterocycles. The van der Waals surface area contributed by atoms with Crippen LogP contribution in [0.3, 0.4) is 0 Å². The molecule has 102 valence electrons. The molecular weight excluding hydrogens is 322 g/mol. The largest absolute Gasteiger partial charge is 0.488 e. The van der Waals surface area contributed by atoms with Gasteiger partial charge >= 0.3 is 0 Å². The van der Waals surface area contributed by atoms with Crippen LogP contribution in [0.1, 0.15) is 24.3 Å². The van der Waals surface area contributed by atoms with Gasteiger partial charge in [0.25, 0.3) is 0 Å². The van der Waals surface area contributed by atoms with Crippen LogP contribution in [0.25, 0.3) is 0 Å². The summed E-state index contributed by atoms with van der Waals surface area (Å²) >= 11 is 5.21. The molecule has 0 radical (unpaired) electrons. The van der Waals surface area contributed by atoms with Crippen molar-refractivity contribution in [2.45, 2.75) is 33.0 Å². The first-order valence-corrected chi connectivity index (χ1v) is 7.99. The summed E-state index contributed by atoms with van der Waals surface area (Å²) in [6.45, 7) is 5.81. The van der Waals surface area contributed by atoms with Crippen molar-refractivity contribution in [2.24, 2.45) is 0 Å². The van der Waals surface area contributed by atoms with E-state index < -0.39 is 0 Å². The predicted octanol–water partition coefficient (Wildman–Crippen LogP) is 4.59. The van der Waals surface area contributed by atoms with Crippen LogP contribution < -0.4 is 10.1 Å². The van der Waals surface area contributed by atoms with Crippen molar-refractivity contribution in [1.29, 1.82) is 0 Å². The summed E-state index contributed by atoms with van der Waals surface area (Å²) in [7, 11) is 0. The third-order valence-electron chi connectivity index (χ3n) is 2.70. The Morgan fingerprint density at radius 1 is 1.21 bits per heavy atom. The molecule has 19 heavy (non-hydrogen) atoms. The molecule has 0 atom stereocenters. The molecule has 1 N–H and O–H groups in total. The van der Waals surface area contributed by atoms with Crippen molar-refractivity contribution < 1.29 is 4.74 Å². The summed E-state index contributed by atoms with van der Waals surface area (Å²) in [4.78, 5) is 1.21. The molecule has 0 spiro atoms. The third kappa shape index (κ3) is 4.64. The van der Waals surface area contributed by atoms with E-state index in [0.29, 0.717) is 12.6 Å². The Labute approximate surface area is 126 Å². The van der Waals surface area contributed by atoms with Crippen molar-refractivity contribution in [3.8, 4) is 5.75 Å². The van der Waals surface area contributed by atoms with Gasteiger partial charge in [0.05, 0.1) is 4.88 Å². The molecule has 0 amide bonds. The molecular formula is C15H18BrNOS. The highest BCUT2D eigenvalue weighted by atomic mass is 79.9. The predicted molar refractivity (Wildman–Crippen MR) is 84.8 cm³/mol. The van der Waals surface area contributed by atoms with E-state index in [4.69, 9.17) is 4.74 Å². The molecule has 4 heteroatoms. The van der Waals surface area contributed by atoms with Gasteiger partial charge in [0, 0.05) is 17.1 Å².